The second-order valence-corrected chi connectivity index (χ2v) is 8.78. The SMILES string of the molecule is Cc1nc2ccc(-n3ncc(C(=O)C4=Cc5ccc(C6CC=CC=C6F)cc5C4)c3N)cc2[nH]1. The molecular formula is C27H22FN5O. The Kier molecular flexibility index (Phi) is 4.58. The van der Waals surface area contributed by atoms with Crippen molar-refractivity contribution in [2.45, 2.75) is 25.7 Å². The van der Waals surface area contributed by atoms with Crippen molar-refractivity contribution in [3.8, 4) is 5.69 Å². The fraction of sp³-hybridized carbons (Fsp3) is 0.148. The monoisotopic (exact) mass is 451 g/mol. The Balaban J connectivity index is 1.26. The fourth-order valence-corrected chi connectivity index (χ4v) is 4.79. The number of aromatic nitrogens is 4. The largest absolute Gasteiger partial charge is 0.383 e. The van der Waals surface area contributed by atoms with Crippen LogP contribution in [0.5, 0.6) is 0 Å². The van der Waals surface area contributed by atoms with Gasteiger partial charge >= 0.3 is 0 Å². The van der Waals surface area contributed by atoms with Crippen molar-refractivity contribution in [1.29, 1.82) is 0 Å². The molecule has 0 saturated carbocycles. The quantitative estimate of drug-likeness (QED) is 0.409. The zero-order chi connectivity index (χ0) is 23.4. The highest BCUT2D eigenvalue weighted by molar-refractivity contribution is 6.15. The molecule has 0 aliphatic heterocycles. The number of carbonyl (C=O) groups is 1. The number of nitrogens with two attached hydrogens (primary N) is 1. The molecule has 168 valence electrons. The highest BCUT2D eigenvalue weighted by Gasteiger charge is 2.26. The Morgan fingerprint density at radius 1 is 1.24 bits per heavy atom. The summed E-state index contributed by atoms with van der Waals surface area (Å²) in [7, 11) is 0. The number of H-pyrrole nitrogens is 1. The molecule has 1 atom stereocenters. The van der Waals surface area contributed by atoms with Gasteiger partial charge in [0.2, 0.25) is 0 Å². The van der Waals surface area contributed by atoms with E-state index in [2.05, 4.69) is 15.1 Å². The Bertz CT molecular complexity index is 1570. The fourth-order valence-electron chi connectivity index (χ4n) is 4.79. The molecule has 7 heteroatoms. The highest BCUT2D eigenvalue weighted by Crippen LogP contribution is 2.36. The summed E-state index contributed by atoms with van der Waals surface area (Å²) >= 11 is 0. The van der Waals surface area contributed by atoms with Crippen LogP contribution in [0.2, 0.25) is 0 Å². The van der Waals surface area contributed by atoms with Crippen molar-refractivity contribution in [2.75, 3.05) is 5.73 Å². The number of carbonyl (C=O) groups excluding carboxylic acids is 1. The van der Waals surface area contributed by atoms with E-state index in [0.717, 1.165) is 39.2 Å². The zero-order valence-electron chi connectivity index (χ0n) is 18.5. The lowest BCUT2D eigenvalue weighted by Gasteiger charge is -2.17. The van der Waals surface area contributed by atoms with Crippen molar-refractivity contribution in [2.24, 2.45) is 0 Å². The van der Waals surface area contributed by atoms with E-state index < -0.39 is 0 Å². The number of nitrogen functional groups attached to an aromatic ring is 1. The molecule has 2 heterocycles. The summed E-state index contributed by atoms with van der Waals surface area (Å²) in [6.07, 6.45) is 9.77. The van der Waals surface area contributed by atoms with Crippen molar-refractivity contribution in [1.82, 2.24) is 19.7 Å². The predicted molar refractivity (Wildman–Crippen MR) is 131 cm³/mol. The van der Waals surface area contributed by atoms with Crippen molar-refractivity contribution in [3.63, 3.8) is 0 Å². The molecule has 2 aromatic heterocycles. The van der Waals surface area contributed by atoms with Crippen LogP contribution in [-0.2, 0) is 6.42 Å². The zero-order valence-corrected chi connectivity index (χ0v) is 18.5. The molecule has 2 aliphatic rings. The lowest BCUT2D eigenvalue weighted by Crippen LogP contribution is -2.08. The number of Topliss-reactive ketones (excluding diaryl/α,β-unsaturated/α-hetero) is 1. The molecule has 6 rings (SSSR count). The number of aryl methyl sites for hydroxylation is 1. The van der Waals surface area contributed by atoms with Crippen LogP contribution in [0, 0.1) is 6.92 Å². The van der Waals surface area contributed by atoms with Crippen LogP contribution in [0.1, 0.15) is 45.2 Å². The summed E-state index contributed by atoms with van der Waals surface area (Å²) in [5, 5.41) is 4.38. The number of fused-ring (bicyclic) bond motifs is 2. The van der Waals surface area contributed by atoms with Crippen LogP contribution in [0.4, 0.5) is 10.2 Å². The van der Waals surface area contributed by atoms with E-state index in [9.17, 15) is 9.18 Å². The maximum absolute atomic E-state index is 14.3. The third kappa shape index (κ3) is 3.28. The number of allylic oxidation sites excluding steroid dienone is 5. The maximum Gasteiger partial charge on any atom is 0.194 e. The molecule has 4 aromatic rings. The normalized spacial score (nSPS) is 17.1. The summed E-state index contributed by atoms with van der Waals surface area (Å²) in [5.74, 6) is 0.574. The second-order valence-electron chi connectivity index (χ2n) is 8.78. The molecule has 2 aliphatic carbocycles. The number of ketones is 1. The first-order valence-electron chi connectivity index (χ1n) is 11.2. The van der Waals surface area contributed by atoms with E-state index in [4.69, 9.17) is 5.73 Å². The van der Waals surface area contributed by atoms with Crippen LogP contribution in [-0.4, -0.2) is 25.5 Å². The number of aromatic amines is 1. The van der Waals surface area contributed by atoms with E-state index in [0.29, 0.717) is 29.8 Å². The topological polar surface area (TPSA) is 89.6 Å². The van der Waals surface area contributed by atoms with Crippen LogP contribution in [0.25, 0.3) is 22.8 Å². The van der Waals surface area contributed by atoms with Gasteiger partial charge in [-0.05, 0) is 60.4 Å². The smallest absolute Gasteiger partial charge is 0.194 e. The molecular weight excluding hydrogens is 429 g/mol. The lowest BCUT2D eigenvalue weighted by atomic mass is 9.89. The maximum atomic E-state index is 14.3. The molecule has 0 bridgehead atoms. The standard InChI is InChI=1S/C27H22FN5O/c1-15-31-24-9-8-20(13-25(24)32-15)33-27(29)22(14-30-33)26(34)19-10-16-6-7-17(11-18(16)12-19)21-4-2-3-5-23(21)28/h2-3,5-11,13-14,21H,4,12,29H2,1H3,(H,31,32). The lowest BCUT2D eigenvalue weighted by molar-refractivity contribution is 0.103. The molecule has 1 unspecified atom stereocenters. The predicted octanol–water partition coefficient (Wildman–Crippen LogP) is 5.36. The summed E-state index contributed by atoms with van der Waals surface area (Å²) in [4.78, 5) is 21.0. The Morgan fingerprint density at radius 3 is 2.97 bits per heavy atom. The summed E-state index contributed by atoms with van der Waals surface area (Å²) < 4.78 is 15.9. The van der Waals surface area contributed by atoms with E-state index in [1.807, 2.05) is 55.5 Å². The third-order valence-corrected chi connectivity index (χ3v) is 6.55. The first-order chi connectivity index (χ1) is 16.5. The van der Waals surface area contributed by atoms with Crippen molar-refractivity contribution < 1.29 is 9.18 Å². The first kappa shape index (κ1) is 20.4. The van der Waals surface area contributed by atoms with Gasteiger partial charge in [0, 0.05) is 17.9 Å². The van der Waals surface area contributed by atoms with Crippen molar-refractivity contribution in [3.05, 3.63) is 100 Å². The van der Waals surface area contributed by atoms with E-state index >= 15 is 0 Å². The van der Waals surface area contributed by atoms with Crippen LogP contribution in [0.3, 0.4) is 0 Å². The number of hydrogen-bond acceptors (Lipinski definition) is 4. The van der Waals surface area contributed by atoms with E-state index in [-0.39, 0.29) is 17.5 Å². The molecule has 0 amide bonds. The summed E-state index contributed by atoms with van der Waals surface area (Å²) in [6, 6.07) is 11.6. The van der Waals surface area contributed by atoms with Crippen LogP contribution < -0.4 is 5.73 Å². The first-order valence-corrected chi connectivity index (χ1v) is 11.2. The molecule has 6 nitrogen and oxygen atoms in total. The summed E-state index contributed by atoms with van der Waals surface area (Å²) in [5.41, 5.74) is 12.8. The number of benzene rings is 2. The minimum Gasteiger partial charge on any atom is -0.383 e. The Morgan fingerprint density at radius 2 is 2.12 bits per heavy atom. The van der Waals surface area contributed by atoms with Gasteiger partial charge in [0.05, 0.1) is 28.5 Å². The summed E-state index contributed by atoms with van der Waals surface area (Å²) in [6.45, 7) is 1.90. The third-order valence-electron chi connectivity index (χ3n) is 6.55. The Labute approximate surface area is 195 Å². The average molecular weight is 452 g/mol. The number of nitrogens with one attached hydrogen (secondary N) is 1. The minimum absolute atomic E-state index is 0.131. The number of imidazole rings is 1. The number of hydrogen-bond donors (Lipinski definition) is 2. The van der Waals surface area contributed by atoms with Crippen molar-refractivity contribution >= 4 is 28.7 Å². The van der Waals surface area contributed by atoms with Crippen LogP contribution in [0.15, 0.2) is 72.2 Å². The number of rotatable bonds is 4. The molecule has 3 N–H and O–H groups in total. The number of anilines is 1. The minimum atomic E-state index is -0.264. The van der Waals surface area contributed by atoms with Gasteiger partial charge in [0.25, 0.3) is 0 Å². The van der Waals surface area contributed by atoms with E-state index in [1.54, 1.807) is 10.8 Å². The van der Waals surface area contributed by atoms with E-state index in [1.165, 1.54) is 12.3 Å². The Hall–Kier alpha value is -4.26. The molecule has 2 aromatic carbocycles. The van der Waals surface area contributed by atoms with Gasteiger partial charge in [-0.3, -0.25) is 4.79 Å². The van der Waals surface area contributed by atoms with Gasteiger partial charge in [-0.2, -0.15) is 5.10 Å². The van der Waals surface area contributed by atoms with Gasteiger partial charge in [-0.15, -0.1) is 0 Å². The molecule has 0 radical (unpaired) electrons. The van der Waals surface area contributed by atoms with Gasteiger partial charge in [0.15, 0.2) is 5.78 Å². The van der Waals surface area contributed by atoms with Crippen LogP contribution >= 0.6 is 0 Å². The molecule has 0 saturated heterocycles. The second kappa shape index (κ2) is 7.66. The van der Waals surface area contributed by atoms with Gasteiger partial charge in [-0.25, -0.2) is 14.1 Å². The molecule has 0 fully saturated rings. The molecule has 0 spiro atoms. The van der Waals surface area contributed by atoms with Gasteiger partial charge < -0.3 is 10.7 Å². The highest BCUT2D eigenvalue weighted by atomic mass is 19.1. The number of halogens is 1. The van der Waals surface area contributed by atoms with Gasteiger partial charge in [0.1, 0.15) is 17.5 Å². The average Bonchev–Trinajstić information content (AvgIpc) is 3.53. The molecule has 34 heavy (non-hydrogen) atoms. The van der Waals surface area contributed by atoms with Gasteiger partial charge in [-0.1, -0.05) is 30.4 Å². The number of nitrogens with zero attached hydrogens (tertiary/aromatic N) is 3.